The van der Waals surface area contributed by atoms with E-state index in [4.69, 9.17) is 4.98 Å². The molecular weight excluding hydrogens is 328 g/mol. The van der Waals surface area contributed by atoms with Gasteiger partial charge in [0.1, 0.15) is 5.82 Å². The van der Waals surface area contributed by atoms with Gasteiger partial charge in [0.2, 0.25) is 0 Å². The fourth-order valence-corrected chi connectivity index (χ4v) is 3.61. The van der Waals surface area contributed by atoms with Gasteiger partial charge in [-0.25, -0.2) is 9.97 Å². The van der Waals surface area contributed by atoms with Crippen LogP contribution in [0.15, 0.2) is 91.0 Å². The quantitative estimate of drug-likeness (QED) is 0.368. The highest BCUT2D eigenvalue weighted by Crippen LogP contribution is 2.31. The Morgan fingerprint density at radius 3 is 2.15 bits per heavy atom. The molecular formula is C25H18N2. The third-order valence-electron chi connectivity index (χ3n) is 4.94. The summed E-state index contributed by atoms with van der Waals surface area (Å²) in [7, 11) is 0. The zero-order chi connectivity index (χ0) is 18.2. The first-order valence-electron chi connectivity index (χ1n) is 9.11. The summed E-state index contributed by atoms with van der Waals surface area (Å²) in [4.78, 5) is 9.45. The molecule has 128 valence electrons. The van der Waals surface area contributed by atoms with Crippen LogP contribution in [-0.4, -0.2) is 9.97 Å². The lowest BCUT2D eigenvalue weighted by Gasteiger charge is -2.10. The zero-order valence-corrected chi connectivity index (χ0v) is 15.1. The highest BCUT2D eigenvalue weighted by molar-refractivity contribution is 5.97. The van der Waals surface area contributed by atoms with Gasteiger partial charge in [-0.05, 0) is 47.0 Å². The molecule has 0 aliphatic carbocycles. The standard InChI is InChI=1S/C25H18N2/c1-17-26-24-14-13-21(18-7-3-2-4-8-18)16-23(24)25(27-17)22-12-11-19-9-5-6-10-20(19)15-22/h2-16H,1H3. The summed E-state index contributed by atoms with van der Waals surface area (Å²) >= 11 is 0. The number of aromatic nitrogens is 2. The van der Waals surface area contributed by atoms with Crippen LogP contribution in [0.5, 0.6) is 0 Å². The lowest BCUT2D eigenvalue weighted by atomic mass is 9.99. The molecule has 1 aromatic heterocycles. The molecule has 0 saturated heterocycles. The van der Waals surface area contributed by atoms with Gasteiger partial charge in [-0.1, -0.05) is 72.8 Å². The van der Waals surface area contributed by atoms with Gasteiger partial charge in [-0.2, -0.15) is 0 Å². The molecule has 0 radical (unpaired) electrons. The minimum Gasteiger partial charge on any atom is -0.233 e. The predicted molar refractivity (Wildman–Crippen MR) is 113 cm³/mol. The van der Waals surface area contributed by atoms with E-state index in [2.05, 4.69) is 89.9 Å². The Labute approximate surface area is 158 Å². The van der Waals surface area contributed by atoms with Crippen LogP contribution < -0.4 is 0 Å². The second-order valence-corrected chi connectivity index (χ2v) is 6.78. The molecule has 0 fully saturated rings. The van der Waals surface area contributed by atoms with Gasteiger partial charge in [-0.3, -0.25) is 0 Å². The maximum atomic E-state index is 4.80. The average Bonchev–Trinajstić information content (AvgIpc) is 2.73. The van der Waals surface area contributed by atoms with Crippen molar-refractivity contribution in [1.82, 2.24) is 9.97 Å². The van der Waals surface area contributed by atoms with Crippen molar-refractivity contribution in [2.75, 3.05) is 0 Å². The molecule has 2 nitrogen and oxygen atoms in total. The van der Waals surface area contributed by atoms with Gasteiger partial charge in [0.15, 0.2) is 0 Å². The first-order chi connectivity index (χ1) is 13.3. The predicted octanol–water partition coefficient (Wildman–Crippen LogP) is 6.43. The molecule has 5 rings (SSSR count). The minimum atomic E-state index is 0.790. The Bertz CT molecular complexity index is 1270. The smallest absolute Gasteiger partial charge is 0.126 e. The van der Waals surface area contributed by atoms with E-state index in [9.17, 15) is 0 Å². The number of benzene rings is 4. The Morgan fingerprint density at radius 2 is 1.30 bits per heavy atom. The highest BCUT2D eigenvalue weighted by Gasteiger charge is 2.10. The Kier molecular flexibility index (Phi) is 3.68. The van der Waals surface area contributed by atoms with E-state index in [0.717, 1.165) is 28.0 Å². The number of aryl methyl sites for hydroxylation is 1. The van der Waals surface area contributed by atoms with Crippen molar-refractivity contribution in [3.05, 3.63) is 96.8 Å². The Hall–Kier alpha value is -3.52. The lowest BCUT2D eigenvalue weighted by molar-refractivity contribution is 1.10. The van der Waals surface area contributed by atoms with Gasteiger partial charge in [0.05, 0.1) is 11.2 Å². The maximum Gasteiger partial charge on any atom is 0.126 e. The Morgan fingerprint density at radius 1 is 0.556 bits per heavy atom. The van der Waals surface area contributed by atoms with Crippen LogP contribution in [0.4, 0.5) is 0 Å². The second-order valence-electron chi connectivity index (χ2n) is 6.78. The first kappa shape index (κ1) is 15.7. The van der Waals surface area contributed by atoms with Crippen molar-refractivity contribution in [3.8, 4) is 22.4 Å². The molecule has 0 unspecified atom stereocenters. The largest absolute Gasteiger partial charge is 0.233 e. The molecule has 2 heteroatoms. The van der Waals surface area contributed by atoms with Crippen molar-refractivity contribution < 1.29 is 0 Å². The number of fused-ring (bicyclic) bond motifs is 2. The molecule has 0 aliphatic heterocycles. The van der Waals surface area contributed by atoms with Crippen LogP contribution in [-0.2, 0) is 0 Å². The molecule has 1 heterocycles. The van der Waals surface area contributed by atoms with Crippen molar-refractivity contribution in [3.63, 3.8) is 0 Å². The molecule has 0 spiro atoms. The zero-order valence-electron chi connectivity index (χ0n) is 15.1. The number of hydrogen-bond donors (Lipinski definition) is 0. The molecule has 0 aliphatic rings. The summed E-state index contributed by atoms with van der Waals surface area (Å²) in [5, 5.41) is 3.54. The normalized spacial score (nSPS) is 11.1. The molecule has 27 heavy (non-hydrogen) atoms. The van der Waals surface area contributed by atoms with Crippen LogP contribution in [0, 0.1) is 6.92 Å². The number of nitrogens with zero attached hydrogens (tertiary/aromatic N) is 2. The monoisotopic (exact) mass is 346 g/mol. The topological polar surface area (TPSA) is 25.8 Å². The summed E-state index contributed by atoms with van der Waals surface area (Å²) < 4.78 is 0. The summed E-state index contributed by atoms with van der Waals surface area (Å²) in [5.41, 5.74) is 5.46. The molecule has 5 aromatic rings. The minimum absolute atomic E-state index is 0.790. The van der Waals surface area contributed by atoms with Gasteiger partial charge in [-0.15, -0.1) is 0 Å². The van der Waals surface area contributed by atoms with Crippen molar-refractivity contribution in [2.45, 2.75) is 6.92 Å². The molecule has 0 N–H and O–H groups in total. The van der Waals surface area contributed by atoms with Crippen LogP contribution in [0.2, 0.25) is 0 Å². The second kappa shape index (κ2) is 6.33. The third-order valence-corrected chi connectivity index (χ3v) is 4.94. The average molecular weight is 346 g/mol. The van der Waals surface area contributed by atoms with Gasteiger partial charge < -0.3 is 0 Å². The van der Waals surface area contributed by atoms with Crippen molar-refractivity contribution in [1.29, 1.82) is 0 Å². The van der Waals surface area contributed by atoms with Crippen molar-refractivity contribution in [2.24, 2.45) is 0 Å². The molecule has 4 aromatic carbocycles. The fourth-order valence-electron chi connectivity index (χ4n) is 3.61. The molecule has 0 bridgehead atoms. The van der Waals surface area contributed by atoms with E-state index >= 15 is 0 Å². The van der Waals surface area contributed by atoms with Gasteiger partial charge >= 0.3 is 0 Å². The Balaban J connectivity index is 1.76. The number of rotatable bonds is 2. The van der Waals surface area contributed by atoms with E-state index in [0.29, 0.717) is 0 Å². The molecule has 0 atom stereocenters. The summed E-state index contributed by atoms with van der Waals surface area (Å²) in [6.07, 6.45) is 0. The van der Waals surface area contributed by atoms with E-state index in [1.54, 1.807) is 0 Å². The number of hydrogen-bond acceptors (Lipinski definition) is 2. The summed E-state index contributed by atoms with van der Waals surface area (Å²) in [5.74, 6) is 0.790. The van der Waals surface area contributed by atoms with Crippen LogP contribution >= 0.6 is 0 Å². The highest BCUT2D eigenvalue weighted by atomic mass is 14.9. The first-order valence-corrected chi connectivity index (χ1v) is 9.11. The molecule has 0 saturated carbocycles. The van der Waals surface area contributed by atoms with Crippen LogP contribution in [0.3, 0.4) is 0 Å². The van der Waals surface area contributed by atoms with Gasteiger partial charge in [0, 0.05) is 10.9 Å². The summed E-state index contributed by atoms with van der Waals surface area (Å²) in [6, 6.07) is 31.8. The van der Waals surface area contributed by atoms with E-state index in [1.165, 1.54) is 21.9 Å². The summed E-state index contributed by atoms with van der Waals surface area (Å²) in [6.45, 7) is 1.95. The fraction of sp³-hybridized carbons (Fsp3) is 0.0400. The van der Waals surface area contributed by atoms with Crippen LogP contribution in [0.1, 0.15) is 5.82 Å². The molecule has 0 amide bonds. The van der Waals surface area contributed by atoms with E-state index in [-0.39, 0.29) is 0 Å². The van der Waals surface area contributed by atoms with E-state index in [1.807, 2.05) is 13.0 Å². The maximum absolute atomic E-state index is 4.80. The SMILES string of the molecule is Cc1nc(-c2ccc3ccccc3c2)c2cc(-c3ccccc3)ccc2n1. The third kappa shape index (κ3) is 2.85. The van der Waals surface area contributed by atoms with Crippen molar-refractivity contribution >= 4 is 21.7 Å². The van der Waals surface area contributed by atoms with Gasteiger partial charge in [0.25, 0.3) is 0 Å². The lowest BCUT2D eigenvalue weighted by Crippen LogP contribution is -1.94. The van der Waals surface area contributed by atoms with Crippen LogP contribution in [0.25, 0.3) is 44.1 Å². The van der Waals surface area contributed by atoms with E-state index < -0.39 is 0 Å².